The second kappa shape index (κ2) is 7.11. The number of aryl methyl sites for hydroxylation is 1. The molecule has 1 N–H and O–H groups in total. The SMILES string of the molecule is CC(=O)c1nc(C(C)C)sc1-c1cccc(Nc2cc(C)ccn2)n1. The number of carbonyl (C=O) groups is 1. The van der Waals surface area contributed by atoms with Gasteiger partial charge in [0.25, 0.3) is 0 Å². The van der Waals surface area contributed by atoms with E-state index < -0.39 is 0 Å². The molecule has 128 valence electrons. The third-order valence-electron chi connectivity index (χ3n) is 3.62. The molecule has 0 saturated carbocycles. The minimum absolute atomic E-state index is 0.0429. The third-order valence-corrected chi connectivity index (χ3v) is 5.00. The van der Waals surface area contributed by atoms with Crippen molar-refractivity contribution >= 4 is 28.8 Å². The molecule has 0 aromatic carbocycles. The van der Waals surface area contributed by atoms with Crippen LogP contribution in [0.15, 0.2) is 36.5 Å². The number of anilines is 2. The first kappa shape index (κ1) is 17.2. The van der Waals surface area contributed by atoms with Crippen molar-refractivity contribution in [1.82, 2.24) is 15.0 Å². The van der Waals surface area contributed by atoms with Gasteiger partial charge in [-0.2, -0.15) is 0 Å². The molecule has 3 aromatic heterocycles. The fourth-order valence-corrected chi connectivity index (χ4v) is 3.45. The average molecular weight is 352 g/mol. The van der Waals surface area contributed by atoms with Gasteiger partial charge in [0.05, 0.1) is 15.6 Å². The van der Waals surface area contributed by atoms with E-state index in [9.17, 15) is 4.79 Å². The van der Waals surface area contributed by atoms with Crippen LogP contribution in [0.1, 0.15) is 47.7 Å². The maximum absolute atomic E-state index is 12.0. The van der Waals surface area contributed by atoms with Crippen molar-refractivity contribution in [2.75, 3.05) is 5.32 Å². The highest BCUT2D eigenvalue weighted by Crippen LogP contribution is 2.33. The Bertz CT molecular complexity index is 917. The van der Waals surface area contributed by atoms with E-state index in [1.165, 1.54) is 11.3 Å². The zero-order valence-corrected chi connectivity index (χ0v) is 15.5. The second-order valence-electron chi connectivity index (χ2n) is 6.19. The fraction of sp³-hybridized carbons (Fsp3) is 0.263. The van der Waals surface area contributed by atoms with Crippen LogP contribution in [-0.2, 0) is 0 Å². The van der Waals surface area contributed by atoms with Crippen molar-refractivity contribution < 1.29 is 4.79 Å². The number of hydrogen-bond donors (Lipinski definition) is 1. The number of rotatable bonds is 5. The average Bonchev–Trinajstić information content (AvgIpc) is 3.01. The Labute approximate surface area is 151 Å². The fourth-order valence-electron chi connectivity index (χ4n) is 2.36. The lowest BCUT2D eigenvalue weighted by Crippen LogP contribution is -1.99. The van der Waals surface area contributed by atoms with Crippen LogP contribution in [0.2, 0.25) is 0 Å². The van der Waals surface area contributed by atoms with Crippen LogP contribution in [0.5, 0.6) is 0 Å². The first-order chi connectivity index (χ1) is 11.9. The maximum atomic E-state index is 12.0. The van der Waals surface area contributed by atoms with Crippen LogP contribution >= 0.6 is 11.3 Å². The summed E-state index contributed by atoms with van der Waals surface area (Å²) in [6.07, 6.45) is 1.76. The molecule has 5 nitrogen and oxygen atoms in total. The Hall–Kier alpha value is -2.60. The molecule has 0 saturated heterocycles. The van der Waals surface area contributed by atoms with Gasteiger partial charge in [-0.15, -0.1) is 11.3 Å². The van der Waals surface area contributed by atoms with Gasteiger partial charge in [-0.1, -0.05) is 19.9 Å². The second-order valence-corrected chi connectivity index (χ2v) is 7.22. The minimum Gasteiger partial charge on any atom is -0.325 e. The predicted molar refractivity (Wildman–Crippen MR) is 102 cm³/mol. The molecule has 3 heterocycles. The third kappa shape index (κ3) is 3.91. The molecular weight excluding hydrogens is 332 g/mol. The topological polar surface area (TPSA) is 67.8 Å². The molecule has 0 fully saturated rings. The molecule has 0 bridgehead atoms. The van der Waals surface area contributed by atoms with Gasteiger partial charge in [-0.05, 0) is 36.8 Å². The van der Waals surface area contributed by atoms with Gasteiger partial charge in [0.15, 0.2) is 5.78 Å². The minimum atomic E-state index is -0.0429. The van der Waals surface area contributed by atoms with Gasteiger partial charge < -0.3 is 5.32 Å². The van der Waals surface area contributed by atoms with Crippen molar-refractivity contribution in [1.29, 1.82) is 0 Å². The van der Waals surface area contributed by atoms with E-state index in [1.54, 1.807) is 13.1 Å². The Morgan fingerprint density at radius 1 is 1.16 bits per heavy atom. The van der Waals surface area contributed by atoms with Crippen LogP contribution in [-0.4, -0.2) is 20.7 Å². The lowest BCUT2D eigenvalue weighted by molar-refractivity contribution is 0.101. The van der Waals surface area contributed by atoms with Crippen molar-refractivity contribution in [3.8, 4) is 10.6 Å². The molecule has 0 spiro atoms. The summed E-state index contributed by atoms with van der Waals surface area (Å²) in [5.74, 6) is 1.65. The number of hydrogen-bond acceptors (Lipinski definition) is 6. The van der Waals surface area contributed by atoms with Crippen LogP contribution in [0.3, 0.4) is 0 Å². The van der Waals surface area contributed by atoms with Crippen LogP contribution < -0.4 is 5.32 Å². The zero-order chi connectivity index (χ0) is 18.0. The molecule has 25 heavy (non-hydrogen) atoms. The van der Waals surface area contributed by atoms with E-state index in [0.29, 0.717) is 11.5 Å². The molecule has 3 rings (SSSR count). The molecule has 0 atom stereocenters. The summed E-state index contributed by atoms with van der Waals surface area (Å²) in [4.78, 5) is 26.2. The van der Waals surface area contributed by atoms with Crippen LogP contribution in [0, 0.1) is 6.92 Å². The van der Waals surface area contributed by atoms with Crippen LogP contribution in [0.4, 0.5) is 11.6 Å². The van der Waals surface area contributed by atoms with Crippen molar-refractivity contribution in [2.24, 2.45) is 0 Å². The monoisotopic (exact) mass is 352 g/mol. The van der Waals surface area contributed by atoms with E-state index in [-0.39, 0.29) is 11.7 Å². The highest BCUT2D eigenvalue weighted by molar-refractivity contribution is 7.15. The van der Waals surface area contributed by atoms with E-state index in [1.807, 2.05) is 37.3 Å². The Kier molecular flexibility index (Phi) is 4.90. The maximum Gasteiger partial charge on any atom is 0.179 e. The number of nitrogens with one attached hydrogen (secondary N) is 1. The number of nitrogens with zero attached hydrogens (tertiary/aromatic N) is 3. The molecule has 0 amide bonds. The van der Waals surface area contributed by atoms with Gasteiger partial charge in [-0.3, -0.25) is 4.79 Å². The number of aromatic nitrogens is 3. The molecule has 0 aliphatic carbocycles. The number of ketones is 1. The molecule has 0 radical (unpaired) electrons. The molecule has 0 unspecified atom stereocenters. The lowest BCUT2D eigenvalue weighted by Gasteiger charge is -2.07. The van der Waals surface area contributed by atoms with Crippen molar-refractivity contribution in [2.45, 2.75) is 33.6 Å². The standard InChI is InChI=1S/C19H20N4OS/c1-11(2)19-23-17(13(4)24)18(25-19)14-6-5-7-15(21-14)22-16-10-12(3)8-9-20-16/h5-11H,1-4H3,(H,20,21,22). The summed E-state index contributed by atoms with van der Waals surface area (Å²) in [5, 5.41) is 4.16. The first-order valence-corrected chi connectivity index (χ1v) is 8.94. The smallest absolute Gasteiger partial charge is 0.179 e. The van der Waals surface area contributed by atoms with Crippen molar-refractivity contribution in [3.05, 3.63) is 52.8 Å². The van der Waals surface area contributed by atoms with E-state index in [0.717, 1.165) is 27.0 Å². The van der Waals surface area contributed by atoms with E-state index in [4.69, 9.17) is 0 Å². The Morgan fingerprint density at radius 3 is 2.64 bits per heavy atom. The largest absolute Gasteiger partial charge is 0.325 e. The first-order valence-electron chi connectivity index (χ1n) is 8.13. The summed E-state index contributed by atoms with van der Waals surface area (Å²) >= 11 is 1.53. The van der Waals surface area contributed by atoms with E-state index >= 15 is 0 Å². The zero-order valence-electron chi connectivity index (χ0n) is 14.7. The van der Waals surface area contributed by atoms with Gasteiger partial charge in [0.2, 0.25) is 0 Å². The number of thiazole rings is 1. The highest BCUT2D eigenvalue weighted by Gasteiger charge is 2.19. The van der Waals surface area contributed by atoms with E-state index in [2.05, 4.69) is 34.1 Å². The summed E-state index contributed by atoms with van der Waals surface area (Å²) in [6.45, 7) is 7.70. The Balaban J connectivity index is 1.98. The molecular formula is C19H20N4OS. The van der Waals surface area contributed by atoms with Gasteiger partial charge >= 0.3 is 0 Å². The lowest BCUT2D eigenvalue weighted by atomic mass is 10.2. The van der Waals surface area contributed by atoms with Gasteiger partial charge in [0.1, 0.15) is 17.3 Å². The predicted octanol–water partition coefficient (Wildman–Crippen LogP) is 4.98. The van der Waals surface area contributed by atoms with Crippen LogP contribution in [0.25, 0.3) is 10.6 Å². The van der Waals surface area contributed by atoms with Crippen molar-refractivity contribution in [3.63, 3.8) is 0 Å². The summed E-state index contributed by atoms with van der Waals surface area (Å²) < 4.78 is 0. The summed E-state index contributed by atoms with van der Waals surface area (Å²) in [6, 6.07) is 9.60. The highest BCUT2D eigenvalue weighted by atomic mass is 32.1. The normalized spacial score (nSPS) is 10.9. The number of pyridine rings is 2. The van der Waals surface area contributed by atoms with Gasteiger partial charge in [0, 0.05) is 19.0 Å². The van der Waals surface area contributed by atoms with Gasteiger partial charge in [-0.25, -0.2) is 15.0 Å². The summed E-state index contributed by atoms with van der Waals surface area (Å²) in [5.41, 5.74) is 2.36. The molecule has 0 aliphatic rings. The summed E-state index contributed by atoms with van der Waals surface area (Å²) in [7, 11) is 0. The quantitative estimate of drug-likeness (QED) is 0.656. The molecule has 6 heteroatoms. The number of Topliss-reactive ketones (excluding diaryl/α,β-unsaturated/α-hetero) is 1. The Morgan fingerprint density at radius 2 is 1.96 bits per heavy atom. The molecule has 0 aliphatic heterocycles. The molecule has 3 aromatic rings. The number of carbonyl (C=O) groups excluding carboxylic acids is 1.